The highest BCUT2D eigenvalue weighted by atomic mass is 16.5. The summed E-state index contributed by atoms with van der Waals surface area (Å²) < 4.78 is 4.54. The molecule has 0 fully saturated rings. The van der Waals surface area contributed by atoms with Gasteiger partial charge in [-0.25, -0.2) is 4.79 Å². The molecule has 0 aliphatic carbocycles. The molecule has 4 nitrogen and oxygen atoms in total. The van der Waals surface area contributed by atoms with E-state index in [1.54, 1.807) is 24.3 Å². The summed E-state index contributed by atoms with van der Waals surface area (Å²) in [6.45, 7) is 3.27. The van der Waals surface area contributed by atoms with Crippen LogP contribution in [0.5, 0.6) is 5.75 Å². The first kappa shape index (κ1) is 11.3. The van der Waals surface area contributed by atoms with Crippen molar-refractivity contribution in [1.82, 2.24) is 0 Å². The zero-order valence-corrected chi connectivity index (χ0v) is 8.22. The Morgan fingerprint density at radius 2 is 2.40 bits per heavy atom. The van der Waals surface area contributed by atoms with Crippen molar-refractivity contribution in [3.63, 3.8) is 0 Å². The molecule has 0 heterocycles. The van der Waals surface area contributed by atoms with Crippen molar-refractivity contribution in [2.45, 2.75) is 12.5 Å². The molecule has 0 radical (unpaired) electrons. The van der Waals surface area contributed by atoms with Crippen LogP contribution in [0, 0.1) is 0 Å². The quantitative estimate of drug-likeness (QED) is 0.569. The summed E-state index contributed by atoms with van der Waals surface area (Å²) in [6, 6.07) is 5.83. The minimum Gasteiger partial charge on any atom is -0.508 e. The molecule has 3 N–H and O–H groups in total. The van der Waals surface area contributed by atoms with Gasteiger partial charge in [0.25, 0.3) is 0 Å². The SMILES string of the molecule is C=COC(=O)C(N)Cc1cccc(O)c1. The van der Waals surface area contributed by atoms with Gasteiger partial charge >= 0.3 is 5.97 Å². The third-order valence-electron chi connectivity index (χ3n) is 1.87. The average Bonchev–Trinajstić information content (AvgIpc) is 2.18. The Labute approximate surface area is 88.0 Å². The number of benzene rings is 1. The fourth-order valence-corrected chi connectivity index (χ4v) is 1.19. The number of rotatable bonds is 4. The number of phenols is 1. The number of hydrogen-bond donors (Lipinski definition) is 2. The highest BCUT2D eigenvalue weighted by Crippen LogP contribution is 2.12. The van der Waals surface area contributed by atoms with E-state index in [0.717, 1.165) is 11.8 Å². The third kappa shape index (κ3) is 3.44. The summed E-state index contributed by atoms with van der Waals surface area (Å²) in [5.41, 5.74) is 6.36. The van der Waals surface area contributed by atoms with Crippen LogP contribution >= 0.6 is 0 Å². The summed E-state index contributed by atoms with van der Waals surface area (Å²) in [4.78, 5) is 11.2. The molecule has 80 valence electrons. The Balaban J connectivity index is 2.61. The van der Waals surface area contributed by atoms with Crippen LogP contribution in [0.2, 0.25) is 0 Å². The molecule has 0 saturated carbocycles. The second-order valence-electron chi connectivity index (χ2n) is 3.08. The lowest BCUT2D eigenvalue weighted by Gasteiger charge is -2.09. The Morgan fingerprint density at radius 3 is 3.00 bits per heavy atom. The van der Waals surface area contributed by atoms with Gasteiger partial charge in [0.15, 0.2) is 0 Å². The Bertz CT molecular complexity index is 363. The molecule has 0 aromatic heterocycles. The van der Waals surface area contributed by atoms with E-state index >= 15 is 0 Å². The second kappa shape index (κ2) is 5.17. The summed E-state index contributed by atoms with van der Waals surface area (Å²) in [5.74, 6) is -0.384. The Hall–Kier alpha value is -1.81. The maximum absolute atomic E-state index is 11.2. The van der Waals surface area contributed by atoms with E-state index in [2.05, 4.69) is 11.3 Å². The predicted molar refractivity (Wildman–Crippen MR) is 56.1 cm³/mol. The summed E-state index contributed by atoms with van der Waals surface area (Å²) in [7, 11) is 0. The molecule has 1 aromatic rings. The van der Waals surface area contributed by atoms with E-state index in [0.29, 0.717) is 6.42 Å². The van der Waals surface area contributed by atoms with Gasteiger partial charge in [-0.2, -0.15) is 0 Å². The van der Waals surface area contributed by atoms with Crippen LogP contribution in [-0.4, -0.2) is 17.1 Å². The van der Waals surface area contributed by atoms with Gasteiger partial charge < -0.3 is 15.6 Å². The maximum Gasteiger partial charge on any atom is 0.328 e. The largest absolute Gasteiger partial charge is 0.508 e. The summed E-state index contributed by atoms with van der Waals surface area (Å²) >= 11 is 0. The molecule has 15 heavy (non-hydrogen) atoms. The second-order valence-corrected chi connectivity index (χ2v) is 3.08. The van der Waals surface area contributed by atoms with Crippen LogP contribution in [-0.2, 0) is 16.0 Å². The van der Waals surface area contributed by atoms with Crippen molar-refractivity contribution < 1.29 is 14.6 Å². The van der Waals surface area contributed by atoms with Gasteiger partial charge in [0.1, 0.15) is 11.8 Å². The fraction of sp³-hybridized carbons (Fsp3) is 0.182. The van der Waals surface area contributed by atoms with Crippen LogP contribution < -0.4 is 5.73 Å². The number of phenolic OH excluding ortho intramolecular Hbond substituents is 1. The standard InChI is InChI=1S/C11H13NO3/c1-2-15-11(14)10(12)7-8-4-3-5-9(13)6-8/h2-6,10,13H,1,7,12H2. The van der Waals surface area contributed by atoms with Crippen molar-refractivity contribution in [3.8, 4) is 5.75 Å². The lowest BCUT2D eigenvalue weighted by Crippen LogP contribution is -2.33. The van der Waals surface area contributed by atoms with E-state index in [1.165, 1.54) is 0 Å². The van der Waals surface area contributed by atoms with Gasteiger partial charge in [0.2, 0.25) is 0 Å². The molecule has 0 aliphatic heterocycles. The molecule has 4 heteroatoms. The third-order valence-corrected chi connectivity index (χ3v) is 1.87. The number of nitrogens with two attached hydrogens (primary N) is 1. The first-order valence-electron chi connectivity index (χ1n) is 4.48. The van der Waals surface area contributed by atoms with E-state index in [9.17, 15) is 9.90 Å². The molecule has 0 bridgehead atoms. The van der Waals surface area contributed by atoms with E-state index in [1.807, 2.05) is 0 Å². The van der Waals surface area contributed by atoms with Crippen LogP contribution in [0.15, 0.2) is 37.1 Å². The van der Waals surface area contributed by atoms with Crippen LogP contribution in [0.25, 0.3) is 0 Å². The lowest BCUT2D eigenvalue weighted by atomic mass is 10.1. The number of aromatic hydroxyl groups is 1. The Morgan fingerprint density at radius 1 is 1.67 bits per heavy atom. The van der Waals surface area contributed by atoms with Gasteiger partial charge in [-0.05, 0) is 24.1 Å². The van der Waals surface area contributed by atoms with Crippen LogP contribution in [0.4, 0.5) is 0 Å². The first-order chi connectivity index (χ1) is 7.13. The molecule has 0 amide bonds. The van der Waals surface area contributed by atoms with Gasteiger partial charge in [0, 0.05) is 0 Å². The Kier molecular flexibility index (Phi) is 3.88. The average molecular weight is 207 g/mol. The molecule has 1 atom stereocenters. The lowest BCUT2D eigenvalue weighted by molar-refractivity contribution is -0.139. The minimum atomic E-state index is -0.746. The summed E-state index contributed by atoms with van der Waals surface area (Å²) in [6.07, 6.45) is 1.37. The topological polar surface area (TPSA) is 72.5 Å². The normalized spacial score (nSPS) is 11.8. The monoisotopic (exact) mass is 207 g/mol. The molecular weight excluding hydrogens is 194 g/mol. The molecule has 1 rings (SSSR count). The number of hydrogen-bond acceptors (Lipinski definition) is 4. The number of ether oxygens (including phenoxy) is 1. The van der Waals surface area contributed by atoms with E-state index in [-0.39, 0.29) is 5.75 Å². The van der Waals surface area contributed by atoms with Crippen molar-refractivity contribution >= 4 is 5.97 Å². The molecule has 0 aliphatic rings. The highest BCUT2D eigenvalue weighted by molar-refractivity contribution is 5.76. The molecule has 1 aromatic carbocycles. The van der Waals surface area contributed by atoms with Gasteiger partial charge in [-0.15, -0.1) is 0 Å². The van der Waals surface area contributed by atoms with Gasteiger partial charge in [0.05, 0.1) is 6.26 Å². The van der Waals surface area contributed by atoms with Crippen LogP contribution in [0.1, 0.15) is 5.56 Å². The van der Waals surface area contributed by atoms with Crippen molar-refractivity contribution in [3.05, 3.63) is 42.7 Å². The number of carbonyl (C=O) groups is 1. The van der Waals surface area contributed by atoms with E-state index < -0.39 is 12.0 Å². The minimum absolute atomic E-state index is 0.150. The summed E-state index contributed by atoms with van der Waals surface area (Å²) in [5, 5.41) is 9.19. The van der Waals surface area contributed by atoms with E-state index in [4.69, 9.17) is 5.73 Å². The van der Waals surface area contributed by atoms with Crippen molar-refractivity contribution in [2.24, 2.45) is 5.73 Å². The fourth-order valence-electron chi connectivity index (χ4n) is 1.19. The zero-order chi connectivity index (χ0) is 11.3. The zero-order valence-electron chi connectivity index (χ0n) is 8.22. The number of carbonyl (C=O) groups excluding carboxylic acids is 1. The van der Waals surface area contributed by atoms with Gasteiger partial charge in [-0.1, -0.05) is 18.7 Å². The van der Waals surface area contributed by atoms with Crippen molar-refractivity contribution in [2.75, 3.05) is 0 Å². The predicted octanol–water partition coefficient (Wildman–Crippen LogP) is 0.949. The van der Waals surface area contributed by atoms with Gasteiger partial charge in [-0.3, -0.25) is 0 Å². The van der Waals surface area contributed by atoms with Crippen molar-refractivity contribution in [1.29, 1.82) is 0 Å². The first-order valence-corrected chi connectivity index (χ1v) is 4.48. The number of esters is 1. The molecule has 1 unspecified atom stereocenters. The smallest absolute Gasteiger partial charge is 0.328 e. The highest BCUT2D eigenvalue weighted by Gasteiger charge is 2.14. The molecule has 0 saturated heterocycles. The maximum atomic E-state index is 11.2. The molecular formula is C11H13NO3. The molecule has 0 spiro atoms. The van der Waals surface area contributed by atoms with Crippen LogP contribution in [0.3, 0.4) is 0 Å².